The van der Waals surface area contributed by atoms with Crippen LogP contribution in [-0.4, -0.2) is 49.1 Å². The van der Waals surface area contributed by atoms with Crippen LogP contribution >= 0.6 is 0 Å². The summed E-state index contributed by atoms with van der Waals surface area (Å²) in [4.78, 5) is 28.9. The van der Waals surface area contributed by atoms with Crippen molar-refractivity contribution >= 4 is 23.3 Å². The molecule has 0 aromatic heterocycles. The highest BCUT2D eigenvalue weighted by Crippen LogP contribution is 2.25. The summed E-state index contributed by atoms with van der Waals surface area (Å²) in [6, 6.07) is 8.29. The molecule has 2 heterocycles. The standard InChI is InChI=1S/C22H34N4O2/c1-16(2)23-22(28)26-14-10-18(11-15-26)21(27)24-19-4-6-20(7-5-19)25-12-8-17(3)9-13-25/h4-7,16-18H,8-15H2,1-3H3,(H,23,28)(H,24,27). The first-order valence-electron chi connectivity index (χ1n) is 10.6. The number of benzene rings is 1. The molecule has 6 heteroatoms. The summed E-state index contributed by atoms with van der Waals surface area (Å²) in [5, 5.41) is 5.96. The van der Waals surface area contributed by atoms with E-state index < -0.39 is 0 Å². The maximum atomic E-state index is 12.6. The number of anilines is 2. The predicted molar refractivity (Wildman–Crippen MR) is 114 cm³/mol. The Hall–Kier alpha value is -2.24. The molecule has 2 aliphatic heterocycles. The molecule has 28 heavy (non-hydrogen) atoms. The number of amides is 3. The SMILES string of the molecule is CC1CCN(c2ccc(NC(=O)C3CCN(C(=O)NC(C)C)CC3)cc2)CC1. The number of carbonyl (C=O) groups excluding carboxylic acids is 2. The molecule has 1 aromatic rings. The molecule has 0 spiro atoms. The lowest BCUT2D eigenvalue weighted by molar-refractivity contribution is -0.121. The van der Waals surface area contributed by atoms with E-state index in [1.54, 1.807) is 4.90 Å². The molecule has 1 aromatic carbocycles. The van der Waals surface area contributed by atoms with Crippen molar-refractivity contribution in [3.8, 4) is 0 Å². The van der Waals surface area contributed by atoms with E-state index in [0.717, 1.165) is 24.7 Å². The van der Waals surface area contributed by atoms with Gasteiger partial charge in [0.25, 0.3) is 0 Å². The van der Waals surface area contributed by atoms with Gasteiger partial charge in [0.2, 0.25) is 5.91 Å². The molecule has 0 radical (unpaired) electrons. The van der Waals surface area contributed by atoms with E-state index in [0.29, 0.717) is 25.9 Å². The summed E-state index contributed by atoms with van der Waals surface area (Å²) in [5.74, 6) is 0.840. The molecule has 2 aliphatic rings. The second-order valence-corrected chi connectivity index (χ2v) is 8.57. The third kappa shape index (κ3) is 5.40. The lowest BCUT2D eigenvalue weighted by atomic mass is 9.96. The lowest BCUT2D eigenvalue weighted by Crippen LogP contribution is -2.47. The van der Waals surface area contributed by atoms with Crippen LogP contribution in [-0.2, 0) is 4.79 Å². The van der Waals surface area contributed by atoms with Gasteiger partial charge in [0.1, 0.15) is 0 Å². The molecule has 2 N–H and O–H groups in total. The number of carbonyl (C=O) groups is 2. The van der Waals surface area contributed by atoms with Gasteiger partial charge in [-0.15, -0.1) is 0 Å². The largest absolute Gasteiger partial charge is 0.372 e. The highest BCUT2D eigenvalue weighted by molar-refractivity contribution is 5.93. The maximum absolute atomic E-state index is 12.6. The second-order valence-electron chi connectivity index (χ2n) is 8.57. The number of nitrogens with one attached hydrogen (secondary N) is 2. The van der Waals surface area contributed by atoms with Gasteiger partial charge in [-0.3, -0.25) is 4.79 Å². The van der Waals surface area contributed by atoms with Crippen molar-refractivity contribution in [3.63, 3.8) is 0 Å². The van der Waals surface area contributed by atoms with Gasteiger partial charge >= 0.3 is 6.03 Å². The van der Waals surface area contributed by atoms with E-state index in [1.807, 2.05) is 26.0 Å². The van der Waals surface area contributed by atoms with Crippen molar-refractivity contribution < 1.29 is 9.59 Å². The summed E-state index contributed by atoms with van der Waals surface area (Å²) in [5.41, 5.74) is 2.08. The van der Waals surface area contributed by atoms with Gasteiger partial charge in [-0.2, -0.15) is 0 Å². The molecular weight excluding hydrogens is 352 g/mol. The molecule has 154 valence electrons. The van der Waals surface area contributed by atoms with Crippen LogP contribution in [0.1, 0.15) is 46.5 Å². The van der Waals surface area contributed by atoms with E-state index in [1.165, 1.54) is 18.5 Å². The summed E-state index contributed by atoms with van der Waals surface area (Å²) in [7, 11) is 0. The predicted octanol–water partition coefficient (Wildman–Crippen LogP) is 3.69. The number of rotatable bonds is 4. The molecule has 0 atom stereocenters. The number of hydrogen-bond acceptors (Lipinski definition) is 3. The van der Waals surface area contributed by atoms with Crippen molar-refractivity contribution in [2.45, 2.75) is 52.5 Å². The van der Waals surface area contributed by atoms with Crippen LogP contribution in [0.2, 0.25) is 0 Å². The fraction of sp³-hybridized carbons (Fsp3) is 0.636. The van der Waals surface area contributed by atoms with Crippen LogP contribution in [0.4, 0.5) is 16.2 Å². The van der Waals surface area contributed by atoms with Gasteiger partial charge < -0.3 is 20.4 Å². The van der Waals surface area contributed by atoms with E-state index >= 15 is 0 Å². The minimum Gasteiger partial charge on any atom is -0.372 e. The van der Waals surface area contributed by atoms with Crippen molar-refractivity contribution in [2.24, 2.45) is 11.8 Å². The minimum atomic E-state index is -0.0358. The summed E-state index contributed by atoms with van der Waals surface area (Å²) < 4.78 is 0. The number of hydrogen-bond donors (Lipinski definition) is 2. The Labute approximate surface area is 168 Å². The van der Waals surface area contributed by atoms with Gasteiger partial charge in [-0.25, -0.2) is 4.79 Å². The van der Waals surface area contributed by atoms with Crippen molar-refractivity contribution in [1.29, 1.82) is 0 Å². The van der Waals surface area contributed by atoms with Crippen LogP contribution in [0, 0.1) is 11.8 Å². The van der Waals surface area contributed by atoms with Gasteiger partial charge in [0.05, 0.1) is 0 Å². The molecular formula is C22H34N4O2. The van der Waals surface area contributed by atoms with E-state index in [9.17, 15) is 9.59 Å². The van der Waals surface area contributed by atoms with Crippen molar-refractivity contribution in [1.82, 2.24) is 10.2 Å². The molecule has 0 unspecified atom stereocenters. The Balaban J connectivity index is 1.47. The van der Waals surface area contributed by atoms with E-state index in [-0.39, 0.29) is 23.9 Å². The number of piperidine rings is 2. The Morgan fingerprint density at radius 3 is 2.14 bits per heavy atom. The van der Waals surface area contributed by atoms with Gasteiger partial charge in [-0.05, 0) is 69.7 Å². The monoisotopic (exact) mass is 386 g/mol. The zero-order valence-corrected chi connectivity index (χ0v) is 17.4. The van der Waals surface area contributed by atoms with Gasteiger partial charge in [-0.1, -0.05) is 6.92 Å². The second kappa shape index (κ2) is 9.30. The minimum absolute atomic E-state index is 0.0310. The Bertz CT molecular complexity index is 658. The highest BCUT2D eigenvalue weighted by atomic mass is 16.2. The van der Waals surface area contributed by atoms with Crippen LogP contribution in [0.3, 0.4) is 0 Å². The Kier molecular flexibility index (Phi) is 6.81. The summed E-state index contributed by atoms with van der Waals surface area (Å²) in [6.45, 7) is 9.69. The number of urea groups is 1. The average molecular weight is 387 g/mol. The number of likely N-dealkylation sites (tertiary alicyclic amines) is 1. The van der Waals surface area contributed by atoms with Gasteiger partial charge in [0.15, 0.2) is 0 Å². The normalized spacial score (nSPS) is 19.0. The molecule has 0 saturated carbocycles. The molecule has 0 bridgehead atoms. The van der Waals surface area contributed by atoms with Gasteiger partial charge in [0, 0.05) is 49.5 Å². The smallest absolute Gasteiger partial charge is 0.317 e. The zero-order valence-electron chi connectivity index (χ0n) is 17.4. The fourth-order valence-corrected chi connectivity index (χ4v) is 3.95. The third-order valence-corrected chi connectivity index (χ3v) is 5.85. The van der Waals surface area contributed by atoms with Crippen LogP contribution < -0.4 is 15.5 Å². The summed E-state index contributed by atoms with van der Waals surface area (Å²) >= 11 is 0. The first kappa shape index (κ1) is 20.5. The Morgan fingerprint density at radius 2 is 1.57 bits per heavy atom. The van der Waals surface area contributed by atoms with Crippen molar-refractivity contribution in [3.05, 3.63) is 24.3 Å². The van der Waals surface area contributed by atoms with Crippen molar-refractivity contribution in [2.75, 3.05) is 36.4 Å². The average Bonchev–Trinajstić information content (AvgIpc) is 2.69. The first-order valence-corrected chi connectivity index (χ1v) is 10.6. The molecule has 3 rings (SSSR count). The Morgan fingerprint density at radius 1 is 0.964 bits per heavy atom. The summed E-state index contributed by atoms with van der Waals surface area (Å²) in [6.07, 6.45) is 3.90. The maximum Gasteiger partial charge on any atom is 0.317 e. The lowest BCUT2D eigenvalue weighted by Gasteiger charge is -2.32. The quantitative estimate of drug-likeness (QED) is 0.829. The van der Waals surface area contributed by atoms with Crippen LogP contribution in [0.25, 0.3) is 0 Å². The first-order chi connectivity index (χ1) is 13.4. The van der Waals surface area contributed by atoms with Crippen LogP contribution in [0.5, 0.6) is 0 Å². The highest BCUT2D eigenvalue weighted by Gasteiger charge is 2.27. The molecule has 0 aliphatic carbocycles. The third-order valence-electron chi connectivity index (χ3n) is 5.85. The molecule has 2 saturated heterocycles. The molecule has 3 amide bonds. The number of nitrogens with zero attached hydrogens (tertiary/aromatic N) is 2. The van der Waals surface area contributed by atoms with E-state index in [2.05, 4.69) is 34.6 Å². The van der Waals surface area contributed by atoms with E-state index in [4.69, 9.17) is 0 Å². The molecule has 6 nitrogen and oxygen atoms in total. The molecule has 2 fully saturated rings. The topological polar surface area (TPSA) is 64.7 Å². The zero-order chi connectivity index (χ0) is 20.1. The fourth-order valence-electron chi connectivity index (χ4n) is 3.95. The van der Waals surface area contributed by atoms with Crippen LogP contribution in [0.15, 0.2) is 24.3 Å².